The van der Waals surface area contributed by atoms with Crippen LogP contribution in [0.25, 0.3) is 0 Å². The van der Waals surface area contributed by atoms with E-state index in [0.29, 0.717) is 6.42 Å². The number of carbonyl (C=O) groups excluding carboxylic acids is 2. The molecule has 0 aliphatic carbocycles. The van der Waals surface area contributed by atoms with E-state index >= 15 is 0 Å². The second-order valence-electron chi connectivity index (χ2n) is 6.78. The first-order chi connectivity index (χ1) is 12.1. The zero-order valence-corrected chi connectivity index (χ0v) is 17.4. The minimum Gasteiger partial charge on any atom is -0.549 e. The topological polar surface area (TPSA) is 80.3 Å². The van der Waals surface area contributed by atoms with Gasteiger partial charge in [0.1, 0.15) is 0 Å². The maximum Gasteiger partial charge on any atom is 2.00 e. The van der Waals surface area contributed by atoms with Crippen LogP contribution in [0.3, 0.4) is 0 Å². The van der Waals surface area contributed by atoms with Crippen LogP contribution in [-0.2, 0) is 15.0 Å². The Morgan fingerprint density at radius 3 is 1.62 bits per heavy atom. The summed E-state index contributed by atoms with van der Waals surface area (Å²) >= 11 is 0. The predicted molar refractivity (Wildman–Crippen MR) is 100 cm³/mol. The summed E-state index contributed by atoms with van der Waals surface area (Å²) in [5.74, 6) is -3.18. The molecular weight excluding hydrogens is 341 g/mol. The summed E-state index contributed by atoms with van der Waals surface area (Å²) in [6.45, 7) is 2.20. The van der Waals surface area contributed by atoms with Crippen LogP contribution in [0, 0.1) is 0 Å². The molecule has 0 atom stereocenters. The van der Waals surface area contributed by atoms with E-state index in [-0.39, 0.29) is 35.0 Å². The number of carbonyl (C=O) groups is 2. The second kappa shape index (κ2) is 14.0. The third-order valence-corrected chi connectivity index (χ3v) is 4.87. The van der Waals surface area contributed by atoms with E-state index in [9.17, 15) is 19.8 Å². The van der Waals surface area contributed by atoms with Gasteiger partial charge in [0.15, 0.2) is 0 Å². The maximum atomic E-state index is 11.6. The number of unbranched alkanes of at least 4 members (excludes halogenated alkanes) is 9. The Hall–Kier alpha value is -1.07. The zero-order chi connectivity index (χ0) is 18.5. The molecule has 0 heterocycles. The summed E-state index contributed by atoms with van der Waals surface area (Å²) < 4.78 is 0. The number of carboxylic acid groups (broad SMARTS) is 2. The van der Waals surface area contributed by atoms with Crippen LogP contribution >= 0.6 is 0 Å². The van der Waals surface area contributed by atoms with Crippen LogP contribution in [0.5, 0.6) is 0 Å². The Labute approximate surface area is 173 Å². The van der Waals surface area contributed by atoms with Crippen molar-refractivity contribution in [2.75, 3.05) is 0 Å². The molecule has 0 spiro atoms. The summed E-state index contributed by atoms with van der Waals surface area (Å²) in [5, 5.41) is 23.2. The zero-order valence-electron chi connectivity index (χ0n) is 16.0. The van der Waals surface area contributed by atoms with E-state index in [4.69, 9.17) is 0 Å². The van der Waals surface area contributed by atoms with Crippen LogP contribution in [0.15, 0.2) is 30.3 Å². The van der Waals surface area contributed by atoms with Gasteiger partial charge >= 0.3 is 23.1 Å². The Morgan fingerprint density at radius 2 is 1.19 bits per heavy atom. The third kappa shape index (κ3) is 7.66. The minimum absolute atomic E-state index is 0. The first-order valence-electron chi connectivity index (χ1n) is 9.54. The molecule has 0 bridgehead atoms. The van der Waals surface area contributed by atoms with Gasteiger partial charge in [-0.3, -0.25) is 0 Å². The van der Waals surface area contributed by atoms with Crippen molar-refractivity contribution in [3.8, 4) is 0 Å². The molecular formula is C21H30MgO4. The fourth-order valence-corrected chi connectivity index (χ4v) is 3.27. The molecule has 0 amide bonds. The van der Waals surface area contributed by atoms with Gasteiger partial charge in [-0.05, 0) is 12.0 Å². The van der Waals surface area contributed by atoms with Gasteiger partial charge in [0.2, 0.25) is 0 Å². The molecule has 0 radical (unpaired) electrons. The van der Waals surface area contributed by atoms with Gasteiger partial charge in [0.25, 0.3) is 0 Å². The standard InChI is InChI=1S/C21H32O4.Mg/c1-2-3-4-5-6-7-8-9-10-14-17-21(19(22)23,20(24)25)18-15-12-11-13-16-18;/h11-13,15-16H,2-10,14,17H2,1H3,(H,22,23)(H,24,25);/q;+2/p-2. The van der Waals surface area contributed by atoms with Gasteiger partial charge in [-0.1, -0.05) is 101 Å². The fourth-order valence-electron chi connectivity index (χ4n) is 3.27. The van der Waals surface area contributed by atoms with E-state index in [1.165, 1.54) is 50.7 Å². The molecule has 0 fully saturated rings. The number of aliphatic carboxylic acids is 2. The normalized spacial score (nSPS) is 11.0. The Bertz CT molecular complexity index is 502. The average molecular weight is 371 g/mol. The van der Waals surface area contributed by atoms with E-state index in [1.54, 1.807) is 18.2 Å². The number of hydrogen-bond donors (Lipinski definition) is 0. The molecule has 140 valence electrons. The van der Waals surface area contributed by atoms with E-state index in [0.717, 1.165) is 19.3 Å². The van der Waals surface area contributed by atoms with Crippen molar-refractivity contribution in [2.24, 2.45) is 0 Å². The third-order valence-electron chi connectivity index (χ3n) is 4.87. The van der Waals surface area contributed by atoms with Crippen molar-refractivity contribution < 1.29 is 19.8 Å². The number of benzene rings is 1. The molecule has 0 saturated carbocycles. The Kier molecular flexibility index (Phi) is 13.5. The first-order valence-corrected chi connectivity index (χ1v) is 9.54. The molecule has 1 aromatic carbocycles. The fraction of sp³-hybridized carbons (Fsp3) is 0.619. The van der Waals surface area contributed by atoms with Crippen molar-refractivity contribution in [2.45, 2.75) is 83.0 Å². The molecule has 26 heavy (non-hydrogen) atoms. The molecule has 4 nitrogen and oxygen atoms in total. The number of carboxylic acids is 2. The van der Waals surface area contributed by atoms with Gasteiger partial charge in [-0.15, -0.1) is 0 Å². The monoisotopic (exact) mass is 370 g/mol. The van der Waals surface area contributed by atoms with Crippen molar-refractivity contribution in [1.82, 2.24) is 0 Å². The van der Waals surface area contributed by atoms with Crippen molar-refractivity contribution in [3.05, 3.63) is 35.9 Å². The molecule has 0 saturated heterocycles. The Balaban J connectivity index is 0.00000625. The SMILES string of the molecule is CCCCCCCCCCCCC(C(=O)[O-])(C(=O)[O-])c1ccccc1.[Mg+2]. The molecule has 0 unspecified atom stereocenters. The van der Waals surface area contributed by atoms with Crippen molar-refractivity contribution >= 4 is 35.0 Å². The van der Waals surface area contributed by atoms with Gasteiger partial charge in [0, 0.05) is 0 Å². The van der Waals surface area contributed by atoms with Crippen LogP contribution in [0.1, 0.15) is 83.1 Å². The smallest absolute Gasteiger partial charge is 0.549 e. The molecule has 0 aromatic heterocycles. The van der Waals surface area contributed by atoms with Crippen molar-refractivity contribution in [3.63, 3.8) is 0 Å². The van der Waals surface area contributed by atoms with Gasteiger partial charge in [-0.2, -0.15) is 0 Å². The summed E-state index contributed by atoms with van der Waals surface area (Å²) in [6, 6.07) is 8.02. The Morgan fingerprint density at radius 1 is 0.769 bits per heavy atom. The minimum atomic E-state index is -2.05. The average Bonchev–Trinajstić information content (AvgIpc) is 2.60. The van der Waals surface area contributed by atoms with Crippen LogP contribution < -0.4 is 10.2 Å². The molecule has 0 aliphatic heterocycles. The van der Waals surface area contributed by atoms with Crippen molar-refractivity contribution in [1.29, 1.82) is 0 Å². The number of rotatable bonds is 14. The summed E-state index contributed by atoms with van der Waals surface area (Å²) in [5.41, 5.74) is -1.83. The molecule has 0 aliphatic rings. The quantitative estimate of drug-likeness (QED) is 0.286. The van der Waals surface area contributed by atoms with Gasteiger partial charge in [-0.25, -0.2) is 0 Å². The van der Waals surface area contributed by atoms with E-state index < -0.39 is 17.4 Å². The maximum absolute atomic E-state index is 11.6. The first kappa shape index (κ1) is 24.9. The molecule has 0 N–H and O–H groups in total. The van der Waals surface area contributed by atoms with Crippen LogP contribution in [-0.4, -0.2) is 35.0 Å². The number of hydrogen-bond acceptors (Lipinski definition) is 4. The largest absolute Gasteiger partial charge is 2.00 e. The summed E-state index contributed by atoms with van der Waals surface area (Å²) in [6.07, 6.45) is 11.0. The molecule has 1 rings (SSSR count). The second-order valence-corrected chi connectivity index (χ2v) is 6.78. The van der Waals surface area contributed by atoms with E-state index in [2.05, 4.69) is 6.92 Å². The molecule has 5 heteroatoms. The van der Waals surface area contributed by atoms with Crippen LogP contribution in [0.4, 0.5) is 0 Å². The van der Waals surface area contributed by atoms with Gasteiger partial charge in [0.05, 0.1) is 17.4 Å². The predicted octanol–water partition coefficient (Wildman–Crippen LogP) is 2.35. The molecule has 1 aromatic rings. The van der Waals surface area contributed by atoms with Gasteiger partial charge < -0.3 is 19.8 Å². The van der Waals surface area contributed by atoms with Crippen LogP contribution in [0.2, 0.25) is 0 Å². The summed E-state index contributed by atoms with van der Waals surface area (Å²) in [4.78, 5) is 23.2. The summed E-state index contributed by atoms with van der Waals surface area (Å²) in [7, 11) is 0. The van der Waals surface area contributed by atoms with E-state index in [1.807, 2.05) is 0 Å².